The van der Waals surface area contributed by atoms with Crippen molar-refractivity contribution in [3.8, 4) is 0 Å². The average Bonchev–Trinajstić information content (AvgIpc) is 3.23. The summed E-state index contributed by atoms with van der Waals surface area (Å²) in [6, 6.07) is 33.4. The molecule has 0 aliphatic rings. The molecule has 0 radical (unpaired) electrons. The van der Waals surface area contributed by atoms with Gasteiger partial charge in [0, 0.05) is 21.5 Å². The molecule has 0 spiro atoms. The monoisotopic (exact) mass is 348 g/mol. The van der Waals surface area contributed by atoms with Crippen LogP contribution in [0, 0.1) is 0 Å². The third-order valence-electron chi connectivity index (χ3n) is 5.24. The fourth-order valence-electron chi connectivity index (χ4n) is 4.03. The second kappa shape index (κ2) is 5.39. The van der Waals surface area contributed by atoms with Crippen LogP contribution in [0.1, 0.15) is 0 Å². The molecule has 0 fully saturated rings. The normalized spacial score (nSPS) is 11.7. The van der Waals surface area contributed by atoms with Gasteiger partial charge in [-0.15, -0.1) is 0 Å². The molecule has 3 heteroatoms. The van der Waals surface area contributed by atoms with Crippen LogP contribution in [-0.4, -0.2) is 9.46 Å². The summed E-state index contributed by atoms with van der Waals surface area (Å²) in [4.78, 5) is 6.54. The molecule has 0 saturated carbocycles. The number of para-hydroxylation sites is 4. The van der Waals surface area contributed by atoms with Gasteiger partial charge < -0.3 is 0 Å². The van der Waals surface area contributed by atoms with E-state index in [2.05, 4.69) is 72.8 Å². The van der Waals surface area contributed by atoms with Gasteiger partial charge in [0.25, 0.3) is 0 Å². The van der Waals surface area contributed by atoms with Crippen LogP contribution in [-0.2, 0) is 0 Å². The second-order valence-corrected chi connectivity index (χ2v) is 6.74. The minimum atomic E-state index is 1.06. The Hall–Kier alpha value is -3.72. The molecule has 128 valence electrons. The Morgan fingerprint density at radius 3 is 0.926 bits per heavy atom. The van der Waals surface area contributed by atoms with E-state index in [1.807, 2.05) is 33.7 Å². The third-order valence-corrected chi connectivity index (χ3v) is 5.24. The summed E-state index contributed by atoms with van der Waals surface area (Å²) < 4.78 is 3.87. The first-order valence-electron chi connectivity index (χ1n) is 9.07. The summed E-state index contributed by atoms with van der Waals surface area (Å²) in [6.07, 6.45) is 0. The van der Waals surface area contributed by atoms with Gasteiger partial charge in [-0.05, 0) is 24.3 Å². The topological polar surface area (TPSA) is 19.1 Å². The zero-order chi connectivity index (χ0) is 17.8. The zero-order valence-electron chi connectivity index (χ0n) is 14.5. The lowest BCUT2D eigenvalue weighted by atomic mass is 10.2. The first kappa shape index (κ1) is 14.4. The summed E-state index contributed by atoms with van der Waals surface area (Å²) in [5.41, 5.74) is 4.22. The van der Waals surface area contributed by atoms with Crippen molar-refractivity contribution < 1.29 is 4.94 Å². The average molecular weight is 348 g/mol. The Bertz CT molecular complexity index is 1240. The summed E-state index contributed by atoms with van der Waals surface area (Å²) in [7, 11) is 0. The van der Waals surface area contributed by atoms with Crippen LogP contribution in [0.15, 0.2) is 97.1 Å². The Labute approximate surface area is 155 Å². The maximum absolute atomic E-state index is 6.54. The summed E-state index contributed by atoms with van der Waals surface area (Å²) in [6.45, 7) is 0. The molecule has 0 N–H and O–H groups in total. The van der Waals surface area contributed by atoms with Gasteiger partial charge in [-0.25, -0.2) is 0 Å². The maximum Gasteiger partial charge on any atom is 0.0911 e. The van der Waals surface area contributed by atoms with Gasteiger partial charge in [-0.3, -0.25) is 4.94 Å². The van der Waals surface area contributed by atoms with Crippen molar-refractivity contribution in [2.24, 2.45) is 0 Å². The molecule has 6 rings (SSSR count). The first-order valence-corrected chi connectivity index (χ1v) is 9.07. The van der Waals surface area contributed by atoms with Crippen LogP contribution < -0.4 is 4.94 Å². The number of aromatic nitrogens is 2. The number of benzene rings is 4. The van der Waals surface area contributed by atoms with E-state index in [-0.39, 0.29) is 0 Å². The number of nitrogens with zero attached hydrogens (tertiary/aromatic N) is 2. The first-order chi connectivity index (χ1) is 13.4. The van der Waals surface area contributed by atoms with Crippen molar-refractivity contribution in [3.63, 3.8) is 0 Å². The van der Waals surface area contributed by atoms with Gasteiger partial charge in [-0.2, -0.15) is 9.46 Å². The van der Waals surface area contributed by atoms with Crippen molar-refractivity contribution in [1.29, 1.82) is 0 Å². The van der Waals surface area contributed by atoms with E-state index < -0.39 is 0 Å². The van der Waals surface area contributed by atoms with Gasteiger partial charge in [0.1, 0.15) is 0 Å². The van der Waals surface area contributed by atoms with Crippen LogP contribution in [0.25, 0.3) is 43.6 Å². The molecule has 2 heterocycles. The molecule has 0 unspecified atom stereocenters. The fourth-order valence-corrected chi connectivity index (χ4v) is 4.03. The largest absolute Gasteiger partial charge is 0.281 e. The Balaban J connectivity index is 1.70. The van der Waals surface area contributed by atoms with Crippen molar-refractivity contribution in [2.45, 2.75) is 0 Å². The van der Waals surface area contributed by atoms with Crippen LogP contribution in [0.2, 0.25) is 0 Å². The van der Waals surface area contributed by atoms with Gasteiger partial charge in [0.05, 0.1) is 22.1 Å². The van der Waals surface area contributed by atoms with Gasteiger partial charge >= 0.3 is 0 Å². The van der Waals surface area contributed by atoms with E-state index in [1.54, 1.807) is 0 Å². The molecule has 0 aliphatic carbocycles. The molecule has 2 aromatic heterocycles. The van der Waals surface area contributed by atoms with E-state index in [4.69, 9.17) is 4.94 Å². The standard InChI is InChI=1S/C24H16N2O/c1-5-13-21-17(9-1)18-10-2-6-14-22(18)25(21)27-26-23-15-7-3-11-19(23)20-12-4-8-16-24(20)26/h1-16H. The van der Waals surface area contributed by atoms with E-state index >= 15 is 0 Å². The van der Waals surface area contributed by atoms with Crippen molar-refractivity contribution in [1.82, 2.24) is 9.46 Å². The second-order valence-electron chi connectivity index (χ2n) is 6.74. The molecule has 27 heavy (non-hydrogen) atoms. The minimum absolute atomic E-state index is 1.06. The smallest absolute Gasteiger partial charge is 0.0911 e. The Morgan fingerprint density at radius 2 is 0.630 bits per heavy atom. The quantitative estimate of drug-likeness (QED) is 0.387. The molecule has 0 bridgehead atoms. The van der Waals surface area contributed by atoms with Crippen molar-refractivity contribution in [3.05, 3.63) is 97.1 Å². The predicted octanol–water partition coefficient (Wildman–Crippen LogP) is 5.79. The lowest BCUT2D eigenvalue weighted by Crippen LogP contribution is -2.17. The SMILES string of the molecule is c1ccc2c(c1)c1ccccc1n2On1c2ccccc2c2ccccc21. The van der Waals surface area contributed by atoms with Gasteiger partial charge in [-0.1, -0.05) is 72.8 Å². The molecule has 0 atom stereocenters. The lowest BCUT2D eigenvalue weighted by Gasteiger charge is -2.12. The molecule has 4 aromatic carbocycles. The molecule has 0 aliphatic heterocycles. The minimum Gasteiger partial charge on any atom is -0.281 e. The number of fused-ring (bicyclic) bond motifs is 6. The van der Waals surface area contributed by atoms with Crippen LogP contribution >= 0.6 is 0 Å². The summed E-state index contributed by atoms with van der Waals surface area (Å²) >= 11 is 0. The maximum atomic E-state index is 6.54. The highest BCUT2D eigenvalue weighted by Gasteiger charge is 2.15. The predicted molar refractivity (Wildman–Crippen MR) is 111 cm³/mol. The van der Waals surface area contributed by atoms with Gasteiger partial charge in [0.15, 0.2) is 0 Å². The molecular weight excluding hydrogens is 332 g/mol. The number of rotatable bonds is 2. The number of hydrogen-bond acceptors (Lipinski definition) is 1. The Morgan fingerprint density at radius 1 is 0.370 bits per heavy atom. The molecular formula is C24H16N2O. The molecule has 0 saturated heterocycles. The van der Waals surface area contributed by atoms with Crippen LogP contribution in [0.3, 0.4) is 0 Å². The van der Waals surface area contributed by atoms with Crippen molar-refractivity contribution in [2.75, 3.05) is 0 Å². The van der Waals surface area contributed by atoms with E-state index in [0.29, 0.717) is 0 Å². The van der Waals surface area contributed by atoms with E-state index in [9.17, 15) is 0 Å². The number of hydrogen-bond donors (Lipinski definition) is 0. The van der Waals surface area contributed by atoms with Crippen LogP contribution in [0.4, 0.5) is 0 Å². The zero-order valence-corrected chi connectivity index (χ0v) is 14.5. The van der Waals surface area contributed by atoms with E-state index in [0.717, 1.165) is 22.1 Å². The Kier molecular flexibility index (Phi) is 2.88. The molecule has 6 aromatic rings. The molecule has 0 amide bonds. The van der Waals surface area contributed by atoms with Gasteiger partial charge in [0.2, 0.25) is 0 Å². The molecule has 3 nitrogen and oxygen atoms in total. The highest BCUT2D eigenvalue weighted by atomic mass is 16.8. The van der Waals surface area contributed by atoms with Crippen molar-refractivity contribution >= 4 is 43.6 Å². The van der Waals surface area contributed by atoms with E-state index in [1.165, 1.54) is 21.5 Å². The summed E-state index contributed by atoms with van der Waals surface area (Å²) in [5, 5.41) is 4.76. The third kappa shape index (κ3) is 1.97. The highest BCUT2D eigenvalue weighted by Crippen LogP contribution is 2.31. The lowest BCUT2D eigenvalue weighted by molar-refractivity contribution is 0.0682. The highest BCUT2D eigenvalue weighted by molar-refractivity contribution is 6.09. The summed E-state index contributed by atoms with van der Waals surface area (Å²) in [5.74, 6) is 0. The van der Waals surface area contributed by atoms with Crippen LogP contribution in [0.5, 0.6) is 0 Å². The fraction of sp³-hybridized carbons (Fsp3) is 0.